The van der Waals surface area contributed by atoms with Crippen molar-refractivity contribution in [3.8, 4) is 0 Å². The van der Waals surface area contributed by atoms with E-state index in [0.29, 0.717) is 0 Å². The number of aliphatic hydroxyl groups excluding tert-OH is 1. The van der Waals surface area contributed by atoms with E-state index in [1.54, 1.807) is 0 Å². The second kappa shape index (κ2) is 25.8. The predicted octanol–water partition coefficient (Wildman–Crippen LogP) is 5.35. The third-order valence-corrected chi connectivity index (χ3v) is 5.67. The van der Waals surface area contributed by atoms with Crippen molar-refractivity contribution in [2.24, 2.45) is 0 Å². The molecule has 0 aromatic heterocycles. The molecule has 0 fully saturated rings. The Morgan fingerprint density at radius 2 is 1.10 bits per heavy atom. The molecule has 2 N–H and O–H groups in total. The van der Waals surface area contributed by atoms with Gasteiger partial charge in [-0.3, -0.25) is 4.18 Å². The van der Waals surface area contributed by atoms with Gasteiger partial charge in [-0.05, 0) is 20.0 Å². The van der Waals surface area contributed by atoms with E-state index in [-0.39, 0.29) is 13.2 Å². The average molecular weight is 440 g/mol. The van der Waals surface area contributed by atoms with E-state index < -0.39 is 10.4 Å². The zero-order valence-electron chi connectivity index (χ0n) is 19.4. The van der Waals surface area contributed by atoms with Crippen LogP contribution in [-0.4, -0.2) is 47.4 Å². The molecule has 0 saturated heterocycles. The predicted molar refractivity (Wildman–Crippen MR) is 122 cm³/mol. The fourth-order valence-electron chi connectivity index (χ4n) is 3.04. The summed E-state index contributed by atoms with van der Waals surface area (Å²) in [6.45, 7) is 2.87. The van der Waals surface area contributed by atoms with Crippen LogP contribution in [0.3, 0.4) is 0 Å². The molecule has 0 bridgehead atoms. The van der Waals surface area contributed by atoms with Gasteiger partial charge in [0.1, 0.15) is 0 Å². The maximum Gasteiger partial charge on any atom is 0.399 e. The van der Waals surface area contributed by atoms with Crippen LogP contribution in [0.15, 0.2) is 0 Å². The molecule has 0 amide bonds. The lowest BCUT2D eigenvalue weighted by atomic mass is 10.0. The molecule has 7 heteroatoms. The van der Waals surface area contributed by atoms with Gasteiger partial charge >= 0.3 is 10.4 Å². The second-order valence-corrected chi connectivity index (χ2v) is 8.91. The molecule has 0 aromatic rings. The van der Waals surface area contributed by atoms with Gasteiger partial charge in [-0.1, -0.05) is 103 Å². The first kappa shape index (κ1) is 31.0. The molecular weight excluding hydrogens is 390 g/mol. The Hall–Kier alpha value is -0.210. The Bertz CT molecular complexity index is 373. The number of nitrogens with one attached hydrogen (secondary N) is 1. The van der Waals surface area contributed by atoms with E-state index >= 15 is 0 Å². The van der Waals surface area contributed by atoms with E-state index in [9.17, 15) is 8.42 Å². The van der Waals surface area contributed by atoms with Crippen LogP contribution in [0.2, 0.25) is 0 Å². The van der Waals surface area contributed by atoms with Crippen molar-refractivity contribution >= 4 is 10.4 Å². The minimum atomic E-state index is -3.84. The van der Waals surface area contributed by atoms with Crippen LogP contribution >= 0.6 is 0 Å². The molecule has 0 saturated carbocycles. The molecule has 0 aliphatic rings. The standard InChI is InChI=1S/C19H41N.C3H8O5S/c1-3-4-5-6-7-8-9-10-11-12-13-14-15-16-17-18-19-20-2;1-7-9(5,6)8-3-2-4/h20H,3-19H2,1-2H3;4H,2-3H2,1H3. The Morgan fingerprint density at radius 3 is 1.41 bits per heavy atom. The molecule has 0 atom stereocenters. The fraction of sp³-hybridized carbons (Fsp3) is 1.00. The van der Waals surface area contributed by atoms with Gasteiger partial charge < -0.3 is 10.4 Å². The van der Waals surface area contributed by atoms with Gasteiger partial charge in [0.25, 0.3) is 0 Å². The lowest BCUT2D eigenvalue weighted by Crippen LogP contribution is -2.10. The lowest BCUT2D eigenvalue weighted by Gasteiger charge is -2.03. The van der Waals surface area contributed by atoms with E-state index in [1.165, 1.54) is 109 Å². The van der Waals surface area contributed by atoms with Crippen molar-refractivity contribution in [1.29, 1.82) is 0 Å². The first-order chi connectivity index (χ1) is 14.0. The molecule has 0 spiro atoms. The summed E-state index contributed by atoms with van der Waals surface area (Å²) in [6, 6.07) is 0. The summed E-state index contributed by atoms with van der Waals surface area (Å²) < 4.78 is 28.3. The Kier molecular flexibility index (Phi) is 27.6. The summed E-state index contributed by atoms with van der Waals surface area (Å²) in [6.07, 6.45) is 23.2. The van der Waals surface area contributed by atoms with Crippen molar-refractivity contribution in [3.63, 3.8) is 0 Å². The molecule has 0 aliphatic carbocycles. The van der Waals surface area contributed by atoms with Crippen LogP contribution in [0, 0.1) is 0 Å². The second-order valence-electron chi connectivity index (χ2n) is 7.53. The number of hydrogen-bond donors (Lipinski definition) is 2. The van der Waals surface area contributed by atoms with E-state index in [0.717, 1.165) is 7.11 Å². The smallest absolute Gasteiger partial charge is 0.394 e. The number of aliphatic hydroxyl groups is 1. The van der Waals surface area contributed by atoms with Crippen LogP contribution in [0.1, 0.15) is 110 Å². The van der Waals surface area contributed by atoms with Gasteiger partial charge in [-0.2, -0.15) is 8.42 Å². The van der Waals surface area contributed by atoms with Gasteiger partial charge in [0.05, 0.1) is 20.3 Å². The highest BCUT2D eigenvalue weighted by atomic mass is 32.3. The highest BCUT2D eigenvalue weighted by Crippen LogP contribution is 2.13. The summed E-state index contributed by atoms with van der Waals surface area (Å²) in [5.41, 5.74) is 0. The quantitative estimate of drug-likeness (QED) is 0.234. The first-order valence-corrected chi connectivity index (χ1v) is 13.1. The third-order valence-electron chi connectivity index (χ3n) is 4.80. The van der Waals surface area contributed by atoms with Crippen molar-refractivity contribution in [2.75, 3.05) is 33.9 Å². The molecule has 0 heterocycles. The normalized spacial score (nSPS) is 11.3. The van der Waals surface area contributed by atoms with Crippen molar-refractivity contribution < 1.29 is 21.9 Å². The van der Waals surface area contributed by atoms with Crippen LogP contribution in [0.4, 0.5) is 0 Å². The monoisotopic (exact) mass is 439 g/mol. The largest absolute Gasteiger partial charge is 0.399 e. The molecule has 178 valence electrons. The molecule has 0 unspecified atom stereocenters. The van der Waals surface area contributed by atoms with Gasteiger partial charge in [0.2, 0.25) is 0 Å². The Balaban J connectivity index is 0. The van der Waals surface area contributed by atoms with Gasteiger partial charge in [-0.15, -0.1) is 0 Å². The Morgan fingerprint density at radius 1 is 0.724 bits per heavy atom. The summed E-state index contributed by atoms with van der Waals surface area (Å²) in [5.74, 6) is 0. The molecule has 0 rings (SSSR count). The van der Waals surface area contributed by atoms with Gasteiger partial charge in [0.15, 0.2) is 0 Å². The lowest BCUT2D eigenvalue weighted by molar-refractivity contribution is 0.180. The van der Waals surface area contributed by atoms with E-state index in [2.05, 4.69) is 20.6 Å². The molecule has 0 radical (unpaired) electrons. The number of unbranched alkanes of at least 4 members (excludes halogenated alkanes) is 15. The van der Waals surface area contributed by atoms with E-state index in [1.807, 2.05) is 7.05 Å². The van der Waals surface area contributed by atoms with Crippen molar-refractivity contribution in [2.45, 2.75) is 110 Å². The van der Waals surface area contributed by atoms with Crippen LogP contribution < -0.4 is 5.32 Å². The molecule has 0 aromatic carbocycles. The van der Waals surface area contributed by atoms with Crippen LogP contribution in [0.25, 0.3) is 0 Å². The highest BCUT2D eigenvalue weighted by molar-refractivity contribution is 7.81. The third kappa shape index (κ3) is 30.1. The average Bonchev–Trinajstić information content (AvgIpc) is 2.72. The summed E-state index contributed by atoms with van der Waals surface area (Å²) >= 11 is 0. The van der Waals surface area contributed by atoms with Gasteiger partial charge in [0, 0.05) is 0 Å². The maximum absolute atomic E-state index is 10.2. The molecule has 29 heavy (non-hydrogen) atoms. The number of rotatable bonds is 21. The summed E-state index contributed by atoms with van der Waals surface area (Å²) in [4.78, 5) is 0. The summed E-state index contributed by atoms with van der Waals surface area (Å²) in [5, 5.41) is 11.3. The maximum atomic E-state index is 10.2. The molecule has 6 nitrogen and oxygen atoms in total. The van der Waals surface area contributed by atoms with Crippen LogP contribution in [-0.2, 0) is 18.8 Å². The topological polar surface area (TPSA) is 84.9 Å². The zero-order chi connectivity index (χ0) is 22.1. The van der Waals surface area contributed by atoms with E-state index in [4.69, 9.17) is 5.11 Å². The van der Waals surface area contributed by atoms with Crippen LogP contribution in [0.5, 0.6) is 0 Å². The minimum Gasteiger partial charge on any atom is -0.394 e. The van der Waals surface area contributed by atoms with Crippen molar-refractivity contribution in [1.82, 2.24) is 5.32 Å². The fourth-order valence-corrected chi connectivity index (χ4v) is 3.41. The Labute approximate surface area is 181 Å². The van der Waals surface area contributed by atoms with Crippen molar-refractivity contribution in [3.05, 3.63) is 0 Å². The number of hydrogen-bond acceptors (Lipinski definition) is 6. The minimum absolute atomic E-state index is 0.268. The molecular formula is C22H49NO5S. The molecule has 0 aliphatic heterocycles. The zero-order valence-corrected chi connectivity index (χ0v) is 20.2. The van der Waals surface area contributed by atoms with Gasteiger partial charge in [-0.25, -0.2) is 4.18 Å². The first-order valence-electron chi connectivity index (χ1n) is 11.7. The highest BCUT2D eigenvalue weighted by Gasteiger charge is 2.06. The SMILES string of the molecule is CCCCCCCCCCCCCCCCCCNC.COS(=O)(=O)OCCO. The summed E-state index contributed by atoms with van der Waals surface area (Å²) in [7, 11) is -0.816.